The number of nitrogens with one attached hydrogen (secondary N) is 1. The predicted octanol–water partition coefficient (Wildman–Crippen LogP) is 2.55. The Hall–Kier alpha value is -3.22. The Morgan fingerprint density at radius 3 is 2.96 bits per heavy atom. The molecular weight excluding hydrogens is 352 g/mol. The predicted molar refractivity (Wildman–Crippen MR) is 108 cm³/mol. The van der Waals surface area contributed by atoms with Crippen molar-refractivity contribution in [1.82, 2.24) is 25.1 Å². The summed E-state index contributed by atoms with van der Waals surface area (Å²) in [4.78, 5) is 25.0. The van der Waals surface area contributed by atoms with E-state index in [1.807, 2.05) is 11.1 Å². The molecule has 1 N–H and O–H groups in total. The minimum atomic E-state index is 0.0246. The van der Waals surface area contributed by atoms with Crippen LogP contribution in [-0.2, 0) is 4.79 Å². The molecule has 2 aromatic heterocycles. The lowest BCUT2D eigenvalue weighted by Gasteiger charge is -2.47. The van der Waals surface area contributed by atoms with E-state index in [4.69, 9.17) is 0 Å². The molecule has 4 heterocycles. The van der Waals surface area contributed by atoms with Crippen LogP contribution in [0.5, 0.6) is 0 Å². The molecule has 0 bridgehead atoms. The van der Waals surface area contributed by atoms with Gasteiger partial charge in [-0.3, -0.25) is 9.89 Å². The summed E-state index contributed by atoms with van der Waals surface area (Å²) in [6.07, 6.45) is 5.94. The van der Waals surface area contributed by atoms with Gasteiger partial charge in [0.05, 0.1) is 17.4 Å². The van der Waals surface area contributed by atoms with E-state index >= 15 is 0 Å². The first-order chi connectivity index (χ1) is 13.6. The third kappa shape index (κ3) is 2.58. The number of H-pyrrole nitrogens is 1. The molecule has 142 valence electrons. The zero-order valence-corrected chi connectivity index (χ0v) is 15.9. The lowest BCUT2D eigenvalue weighted by Crippen LogP contribution is -2.59. The molecule has 2 aliphatic heterocycles. The Morgan fingerprint density at radius 2 is 2.14 bits per heavy atom. The molecule has 5 rings (SSSR count). The number of fused-ring (bicyclic) bond motifs is 1. The van der Waals surface area contributed by atoms with Crippen LogP contribution in [0, 0.1) is 12.3 Å². The Balaban J connectivity index is 1.42. The van der Waals surface area contributed by atoms with Gasteiger partial charge in [-0.05, 0) is 25.0 Å². The molecule has 2 aliphatic rings. The van der Waals surface area contributed by atoms with E-state index in [0.29, 0.717) is 0 Å². The number of aromatic amines is 1. The molecule has 7 nitrogen and oxygen atoms in total. The first-order valence-corrected chi connectivity index (χ1v) is 9.50. The van der Waals surface area contributed by atoms with Crippen molar-refractivity contribution in [3.8, 4) is 11.3 Å². The zero-order valence-electron chi connectivity index (χ0n) is 15.9. The van der Waals surface area contributed by atoms with Gasteiger partial charge in [0.15, 0.2) is 0 Å². The summed E-state index contributed by atoms with van der Waals surface area (Å²) in [5.74, 6) is 0.961. The fourth-order valence-electron chi connectivity index (χ4n) is 4.54. The number of anilines is 1. The van der Waals surface area contributed by atoms with Crippen molar-refractivity contribution in [3.05, 3.63) is 48.9 Å². The maximum absolute atomic E-state index is 11.8. The number of carbonyl (C=O) groups is 1. The molecule has 0 atom stereocenters. The van der Waals surface area contributed by atoms with Crippen molar-refractivity contribution in [1.29, 1.82) is 0 Å². The van der Waals surface area contributed by atoms with Crippen molar-refractivity contribution < 1.29 is 4.79 Å². The number of aryl methyl sites for hydroxylation is 1. The van der Waals surface area contributed by atoms with E-state index in [1.54, 1.807) is 6.33 Å². The molecule has 2 saturated heterocycles. The normalized spacial score (nSPS) is 17.9. The van der Waals surface area contributed by atoms with Gasteiger partial charge in [0.2, 0.25) is 5.91 Å². The summed E-state index contributed by atoms with van der Waals surface area (Å²) in [6, 6.07) is 6.23. The molecule has 28 heavy (non-hydrogen) atoms. The number of carbonyl (C=O) groups excluding carboxylic acids is 1. The van der Waals surface area contributed by atoms with Gasteiger partial charge in [0.25, 0.3) is 0 Å². The van der Waals surface area contributed by atoms with Gasteiger partial charge >= 0.3 is 0 Å². The summed E-state index contributed by atoms with van der Waals surface area (Å²) in [5, 5.41) is 8.35. The van der Waals surface area contributed by atoms with Crippen LogP contribution in [0.2, 0.25) is 0 Å². The number of aromatic nitrogens is 4. The molecule has 1 spiro atoms. The molecule has 0 saturated carbocycles. The number of rotatable bonds is 3. The number of hydrogen-bond acceptors (Lipinski definition) is 5. The second-order valence-corrected chi connectivity index (χ2v) is 7.92. The quantitative estimate of drug-likeness (QED) is 0.713. The van der Waals surface area contributed by atoms with Crippen molar-refractivity contribution in [2.24, 2.45) is 5.41 Å². The molecule has 2 fully saturated rings. The Bertz CT molecular complexity index is 1080. The topological polar surface area (TPSA) is 78.0 Å². The molecule has 3 aromatic rings. The van der Waals surface area contributed by atoms with Crippen molar-refractivity contribution in [2.75, 3.05) is 31.1 Å². The SMILES string of the molecule is C=CC(=O)N1CC2(CCN(c3cc(-c4c(C)ccc5cn[nH]c45)ncn3)C2)C1. The monoisotopic (exact) mass is 374 g/mol. The second-order valence-electron chi connectivity index (χ2n) is 7.92. The van der Waals surface area contributed by atoms with E-state index in [0.717, 1.165) is 66.1 Å². The van der Waals surface area contributed by atoms with Crippen LogP contribution in [0.3, 0.4) is 0 Å². The lowest BCUT2D eigenvalue weighted by molar-refractivity contribution is -0.136. The van der Waals surface area contributed by atoms with E-state index in [1.165, 1.54) is 6.08 Å². The number of amides is 1. The highest BCUT2D eigenvalue weighted by Gasteiger charge is 2.49. The van der Waals surface area contributed by atoms with Crippen LogP contribution < -0.4 is 4.90 Å². The van der Waals surface area contributed by atoms with Crippen molar-refractivity contribution in [2.45, 2.75) is 13.3 Å². The van der Waals surface area contributed by atoms with E-state index < -0.39 is 0 Å². The molecule has 0 unspecified atom stereocenters. The number of benzene rings is 1. The number of nitrogens with zero attached hydrogens (tertiary/aromatic N) is 5. The van der Waals surface area contributed by atoms with Gasteiger partial charge in [-0.15, -0.1) is 0 Å². The highest BCUT2D eigenvalue weighted by Crippen LogP contribution is 2.41. The van der Waals surface area contributed by atoms with Crippen molar-refractivity contribution in [3.63, 3.8) is 0 Å². The smallest absolute Gasteiger partial charge is 0.245 e. The van der Waals surface area contributed by atoms with Gasteiger partial charge < -0.3 is 9.80 Å². The van der Waals surface area contributed by atoms with Crippen LogP contribution in [0.15, 0.2) is 43.4 Å². The van der Waals surface area contributed by atoms with E-state index in [2.05, 4.69) is 56.8 Å². The summed E-state index contributed by atoms with van der Waals surface area (Å²) < 4.78 is 0. The number of hydrogen-bond donors (Lipinski definition) is 1. The molecule has 7 heteroatoms. The molecule has 1 amide bonds. The van der Waals surface area contributed by atoms with Crippen LogP contribution in [0.1, 0.15) is 12.0 Å². The number of likely N-dealkylation sites (tertiary alicyclic amines) is 1. The maximum atomic E-state index is 11.8. The third-order valence-electron chi connectivity index (χ3n) is 6.04. The average molecular weight is 374 g/mol. The lowest BCUT2D eigenvalue weighted by atomic mass is 9.79. The van der Waals surface area contributed by atoms with Gasteiger partial charge in [0, 0.05) is 48.6 Å². The summed E-state index contributed by atoms with van der Waals surface area (Å²) in [5.41, 5.74) is 4.30. The Kier molecular flexibility index (Phi) is 3.72. The van der Waals surface area contributed by atoms with Crippen LogP contribution in [-0.4, -0.2) is 57.2 Å². The van der Waals surface area contributed by atoms with Gasteiger partial charge in [0.1, 0.15) is 12.1 Å². The van der Waals surface area contributed by atoms with E-state index in [-0.39, 0.29) is 11.3 Å². The molecule has 0 aliphatic carbocycles. The highest BCUT2D eigenvalue weighted by molar-refractivity contribution is 5.94. The summed E-state index contributed by atoms with van der Waals surface area (Å²) in [6.45, 7) is 9.13. The zero-order chi connectivity index (χ0) is 19.3. The minimum absolute atomic E-state index is 0.0246. The fourth-order valence-corrected chi connectivity index (χ4v) is 4.54. The third-order valence-corrected chi connectivity index (χ3v) is 6.04. The van der Waals surface area contributed by atoms with Crippen LogP contribution in [0.4, 0.5) is 5.82 Å². The van der Waals surface area contributed by atoms with Crippen LogP contribution >= 0.6 is 0 Å². The fraction of sp³-hybridized carbons (Fsp3) is 0.333. The molecule has 1 aromatic carbocycles. The molecular formula is C21H22N6O. The Morgan fingerprint density at radius 1 is 1.29 bits per heavy atom. The minimum Gasteiger partial charge on any atom is -0.356 e. The summed E-state index contributed by atoms with van der Waals surface area (Å²) >= 11 is 0. The van der Waals surface area contributed by atoms with Crippen LogP contribution in [0.25, 0.3) is 22.2 Å². The Labute approximate surface area is 163 Å². The second kappa shape index (κ2) is 6.15. The van der Waals surface area contributed by atoms with E-state index in [9.17, 15) is 4.79 Å². The summed E-state index contributed by atoms with van der Waals surface area (Å²) in [7, 11) is 0. The largest absolute Gasteiger partial charge is 0.356 e. The van der Waals surface area contributed by atoms with Gasteiger partial charge in [-0.25, -0.2) is 9.97 Å². The van der Waals surface area contributed by atoms with Crippen molar-refractivity contribution >= 4 is 22.6 Å². The first-order valence-electron chi connectivity index (χ1n) is 9.50. The van der Waals surface area contributed by atoms with Gasteiger partial charge in [-0.1, -0.05) is 18.7 Å². The van der Waals surface area contributed by atoms with Gasteiger partial charge in [-0.2, -0.15) is 5.10 Å². The maximum Gasteiger partial charge on any atom is 0.245 e. The standard InChI is InChI=1S/C21H22N6O/c1-3-18(28)27-11-21(12-27)6-7-26(10-21)17-8-16(22-13-23-17)19-14(2)4-5-15-9-24-25-20(15)19/h3-5,8-9,13H,1,6-7,10-12H2,2H3,(H,24,25). The first kappa shape index (κ1) is 16.9. The average Bonchev–Trinajstić information content (AvgIpc) is 3.33. The highest BCUT2D eigenvalue weighted by atomic mass is 16.2. The molecule has 0 radical (unpaired) electrons.